The van der Waals surface area contributed by atoms with Crippen LogP contribution in [0.25, 0.3) is 0 Å². The predicted octanol–water partition coefficient (Wildman–Crippen LogP) is 1.83. The normalized spacial score (nSPS) is 21.7. The van der Waals surface area contributed by atoms with Gasteiger partial charge in [0.25, 0.3) is 0 Å². The molecule has 0 spiro atoms. The molecule has 6 heteroatoms. The summed E-state index contributed by atoms with van der Waals surface area (Å²) in [6.07, 6.45) is 3.88. The highest BCUT2D eigenvalue weighted by Gasteiger charge is 2.23. The van der Waals surface area contributed by atoms with Crippen LogP contribution in [-0.4, -0.2) is 29.8 Å². The number of aromatic nitrogens is 1. The average molecular weight is 241 g/mol. The van der Waals surface area contributed by atoms with Gasteiger partial charge in [-0.05, 0) is 19.8 Å². The van der Waals surface area contributed by atoms with Gasteiger partial charge < -0.3 is 10.1 Å². The largest absolute Gasteiger partial charge is 0.376 e. The fourth-order valence-electron chi connectivity index (χ4n) is 1.72. The Hall–Kier alpha value is -1.14. The van der Waals surface area contributed by atoms with Gasteiger partial charge in [-0.1, -0.05) is 0 Å². The fraction of sp³-hybridized carbons (Fsp3) is 0.600. The summed E-state index contributed by atoms with van der Waals surface area (Å²) in [5, 5.41) is 7.96. The molecule has 88 valence electrons. The van der Waals surface area contributed by atoms with Crippen LogP contribution in [0.2, 0.25) is 0 Å². The molecular weight excluding hydrogens is 226 g/mol. The molecule has 5 nitrogen and oxygen atoms in total. The van der Waals surface area contributed by atoms with Crippen molar-refractivity contribution in [3.05, 3.63) is 11.6 Å². The van der Waals surface area contributed by atoms with Gasteiger partial charge in [-0.15, -0.1) is 11.3 Å². The Morgan fingerprint density at radius 1 is 1.75 bits per heavy atom. The number of urea groups is 1. The lowest BCUT2D eigenvalue weighted by molar-refractivity contribution is 0.0868. The molecule has 1 aromatic heterocycles. The van der Waals surface area contributed by atoms with E-state index in [2.05, 4.69) is 15.6 Å². The maximum atomic E-state index is 11.6. The van der Waals surface area contributed by atoms with Crippen molar-refractivity contribution in [1.82, 2.24) is 10.3 Å². The number of ether oxygens (including phenoxy) is 1. The van der Waals surface area contributed by atoms with Crippen molar-refractivity contribution in [2.45, 2.75) is 31.9 Å². The standard InChI is InChI=1S/C10H15N3O2S/c1-7(8-3-2-5-15-8)12-9(14)13-10-11-4-6-16-10/h4,6-8H,2-3,5H2,1H3,(H2,11,12,13,14)/t7-,8-/m0/s1. The van der Waals surface area contributed by atoms with E-state index in [9.17, 15) is 4.79 Å². The molecule has 1 aliphatic heterocycles. The zero-order valence-corrected chi connectivity index (χ0v) is 9.92. The number of anilines is 1. The van der Waals surface area contributed by atoms with Gasteiger partial charge in [0.2, 0.25) is 0 Å². The van der Waals surface area contributed by atoms with Crippen molar-refractivity contribution in [2.24, 2.45) is 0 Å². The number of carbonyl (C=O) groups is 1. The molecule has 0 unspecified atom stereocenters. The first kappa shape index (κ1) is 11.3. The van der Waals surface area contributed by atoms with E-state index in [1.807, 2.05) is 12.3 Å². The van der Waals surface area contributed by atoms with Gasteiger partial charge in [0.15, 0.2) is 5.13 Å². The first-order valence-electron chi connectivity index (χ1n) is 5.34. The number of hydrogen-bond donors (Lipinski definition) is 2. The molecule has 2 amide bonds. The minimum Gasteiger partial charge on any atom is -0.376 e. The molecule has 0 aromatic carbocycles. The molecule has 0 bridgehead atoms. The van der Waals surface area contributed by atoms with Crippen molar-refractivity contribution in [2.75, 3.05) is 11.9 Å². The Morgan fingerprint density at radius 2 is 2.62 bits per heavy atom. The van der Waals surface area contributed by atoms with Crippen molar-refractivity contribution in [3.63, 3.8) is 0 Å². The number of carbonyl (C=O) groups excluding carboxylic acids is 1. The number of thiazole rings is 1. The highest BCUT2D eigenvalue weighted by molar-refractivity contribution is 7.13. The van der Waals surface area contributed by atoms with Crippen molar-refractivity contribution in [3.8, 4) is 0 Å². The lowest BCUT2D eigenvalue weighted by atomic mass is 10.1. The third-order valence-electron chi connectivity index (χ3n) is 2.53. The first-order chi connectivity index (χ1) is 7.75. The van der Waals surface area contributed by atoms with E-state index in [4.69, 9.17) is 4.74 Å². The Bertz CT molecular complexity index is 336. The molecule has 0 saturated carbocycles. The van der Waals surface area contributed by atoms with Crippen molar-refractivity contribution in [1.29, 1.82) is 0 Å². The van der Waals surface area contributed by atoms with Gasteiger partial charge in [-0.25, -0.2) is 9.78 Å². The summed E-state index contributed by atoms with van der Waals surface area (Å²) < 4.78 is 5.50. The summed E-state index contributed by atoms with van der Waals surface area (Å²) in [7, 11) is 0. The molecule has 0 radical (unpaired) electrons. The van der Waals surface area contributed by atoms with E-state index in [1.54, 1.807) is 6.20 Å². The topological polar surface area (TPSA) is 63.2 Å². The van der Waals surface area contributed by atoms with Crippen LogP contribution < -0.4 is 10.6 Å². The van der Waals surface area contributed by atoms with Crippen LogP contribution in [-0.2, 0) is 4.74 Å². The lowest BCUT2D eigenvalue weighted by Crippen LogP contribution is -2.42. The van der Waals surface area contributed by atoms with Crippen LogP contribution >= 0.6 is 11.3 Å². The molecule has 2 atom stereocenters. The summed E-state index contributed by atoms with van der Waals surface area (Å²) in [5.41, 5.74) is 0. The Balaban J connectivity index is 1.78. The average Bonchev–Trinajstić information content (AvgIpc) is 2.88. The number of amides is 2. The van der Waals surface area contributed by atoms with Gasteiger partial charge in [-0.2, -0.15) is 0 Å². The second-order valence-corrected chi connectivity index (χ2v) is 4.67. The van der Waals surface area contributed by atoms with Crippen molar-refractivity contribution < 1.29 is 9.53 Å². The summed E-state index contributed by atoms with van der Waals surface area (Å²) in [6, 6.07) is -0.194. The van der Waals surface area contributed by atoms with Crippen LogP contribution in [0.5, 0.6) is 0 Å². The van der Waals surface area contributed by atoms with Gasteiger partial charge in [0.1, 0.15) is 0 Å². The van der Waals surface area contributed by atoms with Gasteiger partial charge in [0, 0.05) is 18.2 Å². The molecule has 0 aliphatic carbocycles. The van der Waals surface area contributed by atoms with Crippen LogP contribution in [0.15, 0.2) is 11.6 Å². The van der Waals surface area contributed by atoms with Gasteiger partial charge in [-0.3, -0.25) is 5.32 Å². The fourth-order valence-corrected chi connectivity index (χ4v) is 2.24. The number of hydrogen-bond acceptors (Lipinski definition) is 4. The summed E-state index contributed by atoms with van der Waals surface area (Å²) in [4.78, 5) is 15.5. The lowest BCUT2D eigenvalue weighted by Gasteiger charge is -2.19. The third kappa shape index (κ3) is 2.93. The van der Waals surface area contributed by atoms with E-state index in [0.29, 0.717) is 5.13 Å². The van der Waals surface area contributed by atoms with Gasteiger partial charge >= 0.3 is 6.03 Å². The van der Waals surface area contributed by atoms with Crippen LogP contribution in [0.3, 0.4) is 0 Å². The van der Waals surface area contributed by atoms with E-state index < -0.39 is 0 Å². The highest BCUT2D eigenvalue weighted by atomic mass is 32.1. The minimum absolute atomic E-state index is 0.0301. The Labute approximate surface area is 98.2 Å². The summed E-state index contributed by atoms with van der Waals surface area (Å²) in [6.45, 7) is 2.75. The summed E-state index contributed by atoms with van der Waals surface area (Å²) >= 11 is 1.40. The number of nitrogens with zero attached hydrogens (tertiary/aromatic N) is 1. The predicted molar refractivity (Wildman–Crippen MR) is 62.7 cm³/mol. The zero-order valence-electron chi connectivity index (χ0n) is 9.10. The van der Waals surface area contributed by atoms with Crippen LogP contribution in [0.1, 0.15) is 19.8 Å². The van der Waals surface area contributed by atoms with E-state index in [-0.39, 0.29) is 18.2 Å². The molecule has 1 aliphatic rings. The van der Waals surface area contributed by atoms with Crippen LogP contribution in [0.4, 0.5) is 9.93 Å². The zero-order chi connectivity index (χ0) is 11.4. The maximum absolute atomic E-state index is 11.6. The molecule has 2 heterocycles. The van der Waals surface area contributed by atoms with Gasteiger partial charge in [0.05, 0.1) is 12.1 Å². The molecule has 1 saturated heterocycles. The quantitative estimate of drug-likeness (QED) is 0.848. The number of rotatable bonds is 3. The van der Waals surface area contributed by atoms with E-state index >= 15 is 0 Å². The Kier molecular flexibility index (Phi) is 3.74. The monoisotopic (exact) mass is 241 g/mol. The second-order valence-electron chi connectivity index (χ2n) is 3.78. The third-order valence-corrected chi connectivity index (χ3v) is 3.22. The molecule has 16 heavy (non-hydrogen) atoms. The highest BCUT2D eigenvalue weighted by Crippen LogP contribution is 2.15. The molecule has 1 fully saturated rings. The minimum atomic E-state index is -0.224. The molecule has 1 aromatic rings. The van der Waals surface area contributed by atoms with E-state index in [1.165, 1.54) is 11.3 Å². The first-order valence-corrected chi connectivity index (χ1v) is 6.22. The van der Waals surface area contributed by atoms with Crippen molar-refractivity contribution >= 4 is 22.5 Å². The number of nitrogens with one attached hydrogen (secondary N) is 2. The molecule has 2 rings (SSSR count). The van der Waals surface area contributed by atoms with E-state index in [0.717, 1.165) is 19.4 Å². The molecule has 2 N–H and O–H groups in total. The smallest absolute Gasteiger partial charge is 0.321 e. The van der Waals surface area contributed by atoms with Crippen LogP contribution in [0, 0.1) is 0 Å². The maximum Gasteiger partial charge on any atom is 0.321 e. The second kappa shape index (κ2) is 5.27. The molecular formula is C10H15N3O2S. The Morgan fingerprint density at radius 3 is 3.25 bits per heavy atom. The summed E-state index contributed by atoms with van der Waals surface area (Å²) in [5.74, 6) is 0. The SMILES string of the molecule is C[C@H](NC(=O)Nc1nccs1)[C@@H]1CCCO1.